The molecular formula is C5H8IN. The van der Waals surface area contributed by atoms with Gasteiger partial charge in [0.15, 0.2) is 0 Å². The fourth-order valence-electron chi connectivity index (χ4n) is 0.134. The minimum absolute atomic E-state index is 0.0475. The zero-order valence-electron chi connectivity index (χ0n) is 4.02. The molecule has 7 heavy (non-hydrogen) atoms. The van der Waals surface area contributed by atoms with Crippen LogP contribution < -0.4 is 5.73 Å². The first-order valence-corrected chi connectivity index (χ1v) is 4.53. The predicted molar refractivity (Wildman–Crippen MR) is 43.6 cm³/mol. The highest BCUT2D eigenvalue weighted by atomic mass is 127. The molecule has 0 aliphatic carbocycles. The van der Waals surface area contributed by atoms with E-state index in [1.54, 1.807) is 6.08 Å². The van der Waals surface area contributed by atoms with E-state index in [1.807, 2.05) is 4.08 Å². The van der Waals surface area contributed by atoms with Gasteiger partial charge in [0.05, 0.1) is 0 Å². The summed E-state index contributed by atoms with van der Waals surface area (Å²) in [5.41, 5.74) is 6.07. The van der Waals surface area contributed by atoms with Gasteiger partial charge in [-0.15, -0.1) is 0 Å². The molecule has 40 valence electrons. The van der Waals surface area contributed by atoms with Gasteiger partial charge < -0.3 is 5.73 Å². The maximum atomic E-state index is 5.31. The van der Waals surface area contributed by atoms with Crippen LogP contribution in [0.1, 0.15) is 0 Å². The van der Waals surface area contributed by atoms with Crippen molar-refractivity contribution in [2.24, 2.45) is 5.73 Å². The van der Waals surface area contributed by atoms with Crippen LogP contribution in [0.2, 0.25) is 0 Å². The molecule has 1 nitrogen and oxygen atoms in total. The van der Waals surface area contributed by atoms with Crippen molar-refractivity contribution in [1.29, 1.82) is 0 Å². The summed E-state index contributed by atoms with van der Waals surface area (Å²) in [4.78, 5) is 0. The molecular weight excluding hydrogens is 201 g/mol. The Morgan fingerprint density at radius 2 is 2.29 bits per heavy atom. The van der Waals surface area contributed by atoms with Crippen molar-refractivity contribution in [1.82, 2.24) is 0 Å². The summed E-state index contributed by atoms with van der Waals surface area (Å²) in [5, 5.41) is 0. The molecule has 0 fully saturated rings. The van der Waals surface area contributed by atoms with Gasteiger partial charge in [0.2, 0.25) is 0 Å². The average molecular weight is 209 g/mol. The highest BCUT2D eigenvalue weighted by Gasteiger charge is 1.69. The van der Waals surface area contributed by atoms with Crippen molar-refractivity contribution >= 4 is 25.2 Å². The van der Waals surface area contributed by atoms with Gasteiger partial charge in [-0.1, -0.05) is 31.8 Å². The smallest absolute Gasteiger partial charge is 0.0365 e. The van der Waals surface area contributed by atoms with E-state index in [-0.39, 0.29) is 20.7 Å². The lowest BCUT2D eigenvalue weighted by Crippen LogP contribution is -1.88. The zero-order chi connectivity index (χ0) is 5.70. The van der Waals surface area contributed by atoms with E-state index in [0.29, 0.717) is 0 Å². The van der Waals surface area contributed by atoms with Crippen LogP contribution in [0.15, 0.2) is 22.4 Å². The molecule has 0 aromatic heterocycles. The lowest BCUT2D eigenvalue weighted by atomic mass is 10.5. The van der Waals surface area contributed by atoms with Crippen LogP contribution in [-0.2, 0) is 0 Å². The third kappa shape index (κ3) is 3.72. The Kier molecular flexibility index (Phi) is 3.98. The van der Waals surface area contributed by atoms with Crippen LogP contribution in [0, 0.1) is 0 Å². The van der Waals surface area contributed by atoms with Crippen molar-refractivity contribution in [2.45, 2.75) is 0 Å². The van der Waals surface area contributed by atoms with E-state index in [2.05, 4.69) is 11.1 Å². The Bertz CT molecular complexity index is 105. The van der Waals surface area contributed by atoms with Gasteiger partial charge in [0, 0.05) is 5.70 Å². The Morgan fingerprint density at radius 3 is 2.43 bits per heavy atom. The summed E-state index contributed by atoms with van der Waals surface area (Å²) in [5.74, 6) is 0. The van der Waals surface area contributed by atoms with E-state index < -0.39 is 0 Å². The molecule has 0 unspecified atom stereocenters. The Balaban J connectivity index is 3.72. The summed E-state index contributed by atoms with van der Waals surface area (Å²) < 4.78 is 5.60. The molecule has 0 aliphatic heterocycles. The normalized spacial score (nSPS) is 11.1. The highest BCUT2D eigenvalue weighted by Crippen LogP contribution is 1.96. The standard InChI is InChI=1S/C5H8IN/c1-3-5(7)4-6-2/h3-4H,1-2,7H2/b5-4+. The highest BCUT2D eigenvalue weighted by molar-refractivity contribution is 14.2. The summed E-state index contributed by atoms with van der Waals surface area (Å²) in [6, 6.07) is 0. The average Bonchev–Trinajstić information content (AvgIpc) is 1.68. The van der Waals surface area contributed by atoms with Crippen LogP contribution in [0.3, 0.4) is 0 Å². The molecule has 0 saturated heterocycles. The number of halogens is 1. The maximum absolute atomic E-state index is 5.31. The van der Waals surface area contributed by atoms with Crippen molar-refractivity contribution < 1.29 is 0 Å². The number of nitrogens with two attached hydrogens (primary N) is 1. The molecule has 0 radical (unpaired) electrons. The molecule has 0 spiro atoms. The molecule has 0 atom stereocenters. The van der Waals surface area contributed by atoms with Gasteiger partial charge in [0.1, 0.15) is 0 Å². The first-order chi connectivity index (χ1) is 3.31. The van der Waals surface area contributed by atoms with E-state index >= 15 is 0 Å². The van der Waals surface area contributed by atoms with Gasteiger partial charge in [-0.2, -0.15) is 0 Å². The SMILES string of the molecule is C=C/C(N)=C\I=C. The first-order valence-electron chi connectivity index (χ1n) is 1.76. The fraction of sp³-hybridized carbons (Fsp3) is 0. The molecule has 0 aliphatic rings. The molecule has 0 amide bonds. The second-order valence-electron chi connectivity index (χ2n) is 0.968. The quantitative estimate of drug-likeness (QED) is 0.539. The van der Waals surface area contributed by atoms with Gasteiger partial charge in [-0.25, -0.2) is 0 Å². The van der Waals surface area contributed by atoms with E-state index in [4.69, 9.17) is 5.73 Å². The zero-order valence-corrected chi connectivity index (χ0v) is 6.18. The molecule has 0 saturated carbocycles. The number of hydrogen-bond acceptors (Lipinski definition) is 1. The van der Waals surface area contributed by atoms with Crippen molar-refractivity contribution in [3.63, 3.8) is 0 Å². The summed E-state index contributed by atoms with van der Waals surface area (Å²) in [7, 11) is 0. The Morgan fingerprint density at radius 1 is 1.71 bits per heavy atom. The third-order valence-electron chi connectivity index (χ3n) is 0.439. The molecule has 2 heteroatoms. The maximum Gasteiger partial charge on any atom is 0.0365 e. The molecule has 2 N–H and O–H groups in total. The topological polar surface area (TPSA) is 26.0 Å². The molecule has 0 rings (SSSR count). The lowest BCUT2D eigenvalue weighted by Gasteiger charge is -1.81. The van der Waals surface area contributed by atoms with Gasteiger partial charge in [-0.05, 0) is 10.2 Å². The largest absolute Gasteiger partial charge is 0.398 e. The predicted octanol–water partition coefficient (Wildman–Crippen LogP) is 1.38. The summed E-state index contributed by atoms with van der Waals surface area (Å²) >= 11 is -0.0475. The van der Waals surface area contributed by atoms with Crippen LogP contribution in [0.25, 0.3) is 0 Å². The molecule has 0 aromatic carbocycles. The number of hydrogen-bond donors (Lipinski definition) is 1. The molecule has 0 aromatic rings. The van der Waals surface area contributed by atoms with E-state index in [0.717, 1.165) is 5.70 Å². The van der Waals surface area contributed by atoms with Crippen molar-refractivity contribution in [3.8, 4) is 0 Å². The second kappa shape index (κ2) is 4.05. The fourth-order valence-corrected chi connectivity index (χ4v) is 0.896. The second-order valence-corrected chi connectivity index (χ2v) is 2.47. The minimum Gasteiger partial charge on any atom is -0.398 e. The van der Waals surface area contributed by atoms with E-state index in [1.165, 1.54) is 0 Å². The number of allylic oxidation sites excluding steroid dienone is 1. The Hall–Kier alpha value is -0.120. The third-order valence-corrected chi connectivity index (χ3v) is 1.60. The van der Waals surface area contributed by atoms with Gasteiger partial charge in [-0.3, -0.25) is 0 Å². The van der Waals surface area contributed by atoms with Crippen LogP contribution >= 0.6 is 20.7 Å². The first kappa shape index (κ1) is 6.88. The summed E-state index contributed by atoms with van der Waals surface area (Å²) in [6.07, 6.45) is 1.63. The summed E-state index contributed by atoms with van der Waals surface area (Å²) in [6.45, 7) is 3.48. The van der Waals surface area contributed by atoms with Crippen molar-refractivity contribution in [2.75, 3.05) is 0 Å². The molecule has 0 heterocycles. The lowest BCUT2D eigenvalue weighted by molar-refractivity contribution is 1.46. The van der Waals surface area contributed by atoms with Crippen LogP contribution in [-0.4, -0.2) is 4.51 Å². The minimum atomic E-state index is -0.0475. The monoisotopic (exact) mass is 209 g/mol. The van der Waals surface area contributed by atoms with Gasteiger partial charge in [0.25, 0.3) is 0 Å². The van der Waals surface area contributed by atoms with E-state index in [9.17, 15) is 0 Å². The van der Waals surface area contributed by atoms with Gasteiger partial charge >= 0.3 is 0 Å². The molecule has 0 bridgehead atoms. The van der Waals surface area contributed by atoms with Crippen molar-refractivity contribution in [3.05, 3.63) is 22.4 Å². The van der Waals surface area contributed by atoms with Crippen LogP contribution in [0.5, 0.6) is 0 Å². The Labute approximate surface area is 53.7 Å². The van der Waals surface area contributed by atoms with Crippen LogP contribution in [0.4, 0.5) is 0 Å². The number of rotatable bonds is 2.